The van der Waals surface area contributed by atoms with Gasteiger partial charge in [0.05, 0.1) is 5.92 Å². The van der Waals surface area contributed by atoms with Crippen molar-refractivity contribution in [3.63, 3.8) is 0 Å². The van der Waals surface area contributed by atoms with Crippen molar-refractivity contribution < 1.29 is 21.2 Å². The molecular weight excluding hydrogens is 346 g/mol. The normalized spacial score (nSPS) is 27.8. The van der Waals surface area contributed by atoms with Gasteiger partial charge >= 0.3 is 5.97 Å². The number of hydrogen-bond acceptors (Lipinski definition) is 2. The van der Waals surface area contributed by atoms with E-state index in [4.69, 9.17) is 4.74 Å². The fourth-order valence-corrected chi connectivity index (χ4v) is 4.41. The molecule has 3 rings (SSSR count). The van der Waals surface area contributed by atoms with E-state index in [1.54, 1.807) is 0 Å². The van der Waals surface area contributed by atoms with Crippen LogP contribution in [0.15, 0.2) is 18.2 Å². The first kappa shape index (κ1) is 23.6. The number of hydrogen-bond donors (Lipinski definition) is 0. The summed E-state index contributed by atoms with van der Waals surface area (Å²) in [5, 5.41) is 0. The molecule has 0 aromatic heterocycles. The number of carbonyl (C=O) groups excluding carboxylic acids is 1. The summed E-state index contributed by atoms with van der Waals surface area (Å²) in [6.07, 6.45) is 10.6. The van der Waals surface area contributed by atoms with Crippen molar-refractivity contribution in [2.45, 2.75) is 79.6 Å². The number of carbonyl (C=O) groups is 1. The Labute approximate surface area is 166 Å². The van der Waals surface area contributed by atoms with Crippen LogP contribution in [0, 0.1) is 35.3 Å². The summed E-state index contributed by atoms with van der Waals surface area (Å²) in [6.45, 7) is 2.35. The summed E-state index contributed by atoms with van der Waals surface area (Å²) in [7, 11) is 0. The van der Waals surface area contributed by atoms with Crippen molar-refractivity contribution in [1.82, 2.24) is 0 Å². The second kappa shape index (κ2) is 10.8. The van der Waals surface area contributed by atoms with E-state index < -0.39 is 11.6 Å². The molecule has 0 amide bonds. The SMILES string of the molecule is C.C.CC1CCC(CC2CCC(C(=O)Oc3ccc(F)c(F)c3)CC2)CC1.[HH].[HH]. The molecule has 4 heteroatoms. The first-order valence-electron chi connectivity index (χ1n) is 9.68. The third kappa shape index (κ3) is 6.58. The minimum atomic E-state index is -0.990. The Morgan fingerprint density at radius 1 is 0.963 bits per heavy atom. The minimum absolute atomic E-state index is 0. The fraction of sp³-hybridized carbons (Fsp3) is 0.696. The maximum Gasteiger partial charge on any atom is 0.314 e. The smallest absolute Gasteiger partial charge is 0.314 e. The maximum atomic E-state index is 13.2. The van der Waals surface area contributed by atoms with Gasteiger partial charge in [-0.3, -0.25) is 4.79 Å². The Balaban J connectivity index is 0. The molecule has 2 aliphatic carbocycles. The van der Waals surface area contributed by atoms with Gasteiger partial charge in [-0.2, -0.15) is 0 Å². The quantitative estimate of drug-likeness (QED) is 0.392. The molecule has 0 radical (unpaired) electrons. The lowest BCUT2D eigenvalue weighted by atomic mass is 9.73. The van der Waals surface area contributed by atoms with Gasteiger partial charge in [0.2, 0.25) is 0 Å². The fourth-order valence-electron chi connectivity index (χ4n) is 4.41. The zero-order valence-corrected chi connectivity index (χ0v) is 15.0. The Morgan fingerprint density at radius 2 is 1.52 bits per heavy atom. The van der Waals surface area contributed by atoms with Gasteiger partial charge in [0.25, 0.3) is 0 Å². The van der Waals surface area contributed by atoms with E-state index in [-0.39, 0.29) is 35.3 Å². The molecule has 158 valence electrons. The minimum Gasteiger partial charge on any atom is -0.426 e. The van der Waals surface area contributed by atoms with E-state index in [1.165, 1.54) is 38.2 Å². The van der Waals surface area contributed by atoms with Crippen LogP contribution in [-0.4, -0.2) is 5.97 Å². The number of ether oxygens (including phenoxy) is 1. The number of rotatable bonds is 4. The molecule has 0 bridgehead atoms. The molecule has 0 atom stereocenters. The van der Waals surface area contributed by atoms with Crippen LogP contribution in [0.3, 0.4) is 0 Å². The standard InChI is InChI=1S/C21H28F2O2.2CH4.2H2/c1-14-2-4-15(5-3-14)12-16-6-8-17(9-7-16)21(24)25-18-10-11-19(22)20(23)13-18;;;;/h10-11,13-17H,2-9,12H2,1H3;2*1H4;2*1H. The van der Waals surface area contributed by atoms with E-state index in [1.807, 2.05) is 0 Å². The van der Waals surface area contributed by atoms with Gasteiger partial charge in [0, 0.05) is 8.92 Å². The van der Waals surface area contributed by atoms with Crippen molar-refractivity contribution in [1.29, 1.82) is 0 Å². The van der Waals surface area contributed by atoms with Gasteiger partial charge in [0.15, 0.2) is 11.6 Å². The van der Waals surface area contributed by atoms with Crippen LogP contribution in [0.4, 0.5) is 8.78 Å². The second-order valence-electron chi connectivity index (χ2n) is 8.08. The first-order valence-corrected chi connectivity index (χ1v) is 9.68. The van der Waals surface area contributed by atoms with Crippen molar-refractivity contribution >= 4 is 5.97 Å². The summed E-state index contributed by atoms with van der Waals surface area (Å²) in [6, 6.07) is 3.22. The zero-order valence-electron chi connectivity index (χ0n) is 15.0. The van der Waals surface area contributed by atoms with Crippen LogP contribution in [-0.2, 0) is 4.79 Å². The van der Waals surface area contributed by atoms with Crippen molar-refractivity contribution in [2.24, 2.45) is 23.7 Å². The molecule has 27 heavy (non-hydrogen) atoms. The van der Waals surface area contributed by atoms with Crippen LogP contribution in [0.1, 0.15) is 82.4 Å². The predicted octanol–water partition coefficient (Wildman–Crippen LogP) is 7.66. The Morgan fingerprint density at radius 3 is 2.07 bits per heavy atom. The topological polar surface area (TPSA) is 26.3 Å². The van der Waals surface area contributed by atoms with Crippen LogP contribution in [0.25, 0.3) is 0 Å². The monoisotopic (exact) mass is 386 g/mol. The third-order valence-corrected chi connectivity index (χ3v) is 6.09. The van der Waals surface area contributed by atoms with Crippen LogP contribution in [0.5, 0.6) is 5.75 Å². The molecule has 0 aliphatic heterocycles. The van der Waals surface area contributed by atoms with Crippen molar-refractivity contribution in [2.75, 3.05) is 0 Å². The zero-order chi connectivity index (χ0) is 17.8. The van der Waals surface area contributed by atoms with E-state index in [2.05, 4.69) is 6.92 Å². The van der Waals surface area contributed by atoms with E-state index in [0.717, 1.165) is 55.6 Å². The molecular formula is C23H40F2O2. The van der Waals surface area contributed by atoms with Crippen LogP contribution >= 0.6 is 0 Å². The van der Waals surface area contributed by atoms with Gasteiger partial charge in [-0.05, 0) is 62.0 Å². The van der Waals surface area contributed by atoms with Gasteiger partial charge in [0.1, 0.15) is 5.75 Å². The molecule has 1 aromatic carbocycles. The van der Waals surface area contributed by atoms with Crippen molar-refractivity contribution in [3.8, 4) is 5.75 Å². The molecule has 0 N–H and O–H groups in total. The Kier molecular flexibility index (Phi) is 9.41. The Hall–Kier alpha value is -1.45. The Bertz CT molecular complexity index is 597. The van der Waals surface area contributed by atoms with Crippen LogP contribution < -0.4 is 4.74 Å². The first-order chi connectivity index (χ1) is 12.0. The summed E-state index contributed by atoms with van der Waals surface area (Å²) in [5.41, 5.74) is 0. The van der Waals surface area contributed by atoms with E-state index in [9.17, 15) is 13.6 Å². The molecule has 1 aromatic rings. The highest BCUT2D eigenvalue weighted by molar-refractivity contribution is 5.75. The molecule has 2 fully saturated rings. The third-order valence-electron chi connectivity index (χ3n) is 6.09. The van der Waals surface area contributed by atoms with Gasteiger partial charge in [-0.1, -0.05) is 47.5 Å². The van der Waals surface area contributed by atoms with Crippen molar-refractivity contribution in [3.05, 3.63) is 29.8 Å². The summed E-state index contributed by atoms with van der Waals surface area (Å²) < 4.78 is 31.4. The highest BCUT2D eigenvalue weighted by atomic mass is 19.2. The lowest BCUT2D eigenvalue weighted by Crippen LogP contribution is -2.27. The largest absolute Gasteiger partial charge is 0.426 e. The molecule has 0 saturated heterocycles. The lowest BCUT2D eigenvalue weighted by Gasteiger charge is -2.32. The average molecular weight is 387 g/mol. The molecule has 0 spiro atoms. The van der Waals surface area contributed by atoms with E-state index >= 15 is 0 Å². The summed E-state index contributed by atoms with van der Waals surface area (Å²) in [5.74, 6) is 0.220. The van der Waals surface area contributed by atoms with Crippen LogP contribution in [0.2, 0.25) is 0 Å². The highest BCUT2D eigenvalue weighted by Crippen LogP contribution is 2.38. The second-order valence-corrected chi connectivity index (χ2v) is 8.08. The van der Waals surface area contributed by atoms with Gasteiger partial charge in [-0.25, -0.2) is 8.78 Å². The molecule has 2 nitrogen and oxygen atoms in total. The van der Waals surface area contributed by atoms with Gasteiger partial charge in [-0.15, -0.1) is 0 Å². The summed E-state index contributed by atoms with van der Waals surface area (Å²) >= 11 is 0. The molecule has 2 saturated carbocycles. The average Bonchev–Trinajstić information content (AvgIpc) is 2.61. The van der Waals surface area contributed by atoms with Gasteiger partial charge < -0.3 is 4.74 Å². The lowest BCUT2D eigenvalue weighted by molar-refractivity contribution is -0.140. The number of benzene rings is 1. The predicted molar refractivity (Wildman–Crippen MR) is 111 cm³/mol. The number of halogens is 2. The molecule has 0 heterocycles. The molecule has 2 aliphatic rings. The molecule has 0 unspecified atom stereocenters. The number of esters is 1. The maximum absolute atomic E-state index is 13.2. The highest BCUT2D eigenvalue weighted by Gasteiger charge is 2.30. The summed E-state index contributed by atoms with van der Waals surface area (Å²) in [4.78, 5) is 12.3. The van der Waals surface area contributed by atoms with E-state index in [0.29, 0.717) is 0 Å².